The first kappa shape index (κ1) is 16.7. The van der Waals surface area contributed by atoms with Crippen LogP contribution >= 0.6 is 23.2 Å². The first-order valence-corrected chi connectivity index (χ1v) is 7.38. The van der Waals surface area contributed by atoms with Crippen LogP contribution in [-0.2, 0) is 0 Å². The highest BCUT2D eigenvalue weighted by Crippen LogP contribution is 2.29. The van der Waals surface area contributed by atoms with Gasteiger partial charge in [0.2, 0.25) is 0 Å². The molecule has 0 N–H and O–H groups in total. The molecule has 0 radical (unpaired) electrons. The van der Waals surface area contributed by atoms with E-state index in [9.17, 15) is 18.0 Å². The number of halogens is 5. The second-order valence-electron chi connectivity index (χ2n) is 4.96. The van der Waals surface area contributed by atoms with E-state index in [1.54, 1.807) is 0 Å². The fourth-order valence-electron chi connectivity index (χ4n) is 2.29. The molecule has 0 aliphatic rings. The lowest BCUT2D eigenvalue weighted by Crippen LogP contribution is -2.21. The van der Waals surface area contributed by atoms with Crippen LogP contribution in [0.15, 0.2) is 29.2 Å². The predicted molar refractivity (Wildman–Crippen MR) is 84.4 cm³/mol. The van der Waals surface area contributed by atoms with E-state index in [0.29, 0.717) is 0 Å². The molecule has 1 aromatic carbocycles. The topological polar surface area (TPSA) is 47.3 Å². The van der Waals surface area contributed by atoms with Gasteiger partial charge in [-0.15, -0.1) is 0 Å². The SMILES string of the molecule is Cc1c(C(F)F)nc2c(-c3ccc(Cl)cc3F)nc(Cl)cn2c1=O. The fraction of sp³-hybridized carbons (Fsp3) is 0.133. The Balaban J connectivity index is 2.46. The summed E-state index contributed by atoms with van der Waals surface area (Å²) in [7, 11) is 0. The molecule has 0 saturated carbocycles. The van der Waals surface area contributed by atoms with Crippen LogP contribution in [0.2, 0.25) is 10.2 Å². The maximum atomic E-state index is 14.2. The molecular formula is C15H8Cl2F3N3O. The Labute approximate surface area is 143 Å². The largest absolute Gasteiger partial charge is 0.280 e. The summed E-state index contributed by atoms with van der Waals surface area (Å²) in [5, 5.41) is 0.0387. The van der Waals surface area contributed by atoms with Gasteiger partial charge in [-0.25, -0.2) is 23.1 Å². The number of nitrogens with zero attached hydrogens (tertiary/aromatic N) is 3. The Morgan fingerprint density at radius 3 is 2.54 bits per heavy atom. The molecule has 2 heterocycles. The molecule has 0 atom stereocenters. The highest BCUT2D eigenvalue weighted by Gasteiger charge is 2.21. The molecule has 0 amide bonds. The van der Waals surface area contributed by atoms with Crippen LogP contribution in [0, 0.1) is 12.7 Å². The Hall–Kier alpha value is -2.12. The average molecular weight is 374 g/mol. The average Bonchev–Trinajstić information content (AvgIpc) is 2.50. The molecule has 24 heavy (non-hydrogen) atoms. The van der Waals surface area contributed by atoms with Crippen LogP contribution in [0.1, 0.15) is 17.7 Å². The van der Waals surface area contributed by atoms with E-state index in [-0.39, 0.29) is 32.6 Å². The number of alkyl halides is 2. The Bertz CT molecular complexity index is 1020. The van der Waals surface area contributed by atoms with Crippen molar-refractivity contribution in [2.75, 3.05) is 0 Å². The first-order chi connectivity index (χ1) is 11.3. The van der Waals surface area contributed by atoms with Crippen LogP contribution in [0.5, 0.6) is 0 Å². The molecule has 0 bridgehead atoms. The standard InChI is InChI=1S/C15H8Cl2F3N3O/c1-6-11(13(19)20)22-14-12(8-3-2-7(16)4-9(8)18)21-10(17)5-23(14)15(6)24/h2-5,13H,1H3. The van der Waals surface area contributed by atoms with E-state index in [2.05, 4.69) is 9.97 Å². The third-order valence-electron chi connectivity index (χ3n) is 3.44. The van der Waals surface area contributed by atoms with Crippen molar-refractivity contribution in [1.82, 2.24) is 14.4 Å². The smallest absolute Gasteiger partial charge is 0.269 e. The molecule has 124 valence electrons. The van der Waals surface area contributed by atoms with Crippen LogP contribution in [-0.4, -0.2) is 14.4 Å². The van der Waals surface area contributed by atoms with Crippen LogP contribution in [0.3, 0.4) is 0 Å². The molecule has 4 nitrogen and oxygen atoms in total. The van der Waals surface area contributed by atoms with E-state index in [1.807, 2.05) is 0 Å². The maximum Gasteiger partial charge on any atom is 0.280 e. The molecule has 0 fully saturated rings. The van der Waals surface area contributed by atoms with E-state index >= 15 is 0 Å². The predicted octanol–water partition coefficient (Wildman–Crippen LogP) is 4.45. The zero-order valence-electron chi connectivity index (χ0n) is 12.0. The fourth-order valence-corrected chi connectivity index (χ4v) is 2.63. The Morgan fingerprint density at radius 1 is 1.21 bits per heavy atom. The van der Waals surface area contributed by atoms with E-state index < -0.39 is 23.5 Å². The van der Waals surface area contributed by atoms with Crippen molar-refractivity contribution in [3.63, 3.8) is 0 Å². The lowest BCUT2D eigenvalue weighted by molar-refractivity contribution is 0.145. The zero-order chi connectivity index (χ0) is 17.6. The molecule has 3 rings (SSSR count). The van der Waals surface area contributed by atoms with Gasteiger partial charge in [0, 0.05) is 16.1 Å². The minimum absolute atomic E-state index is 0.0598. The van der Waals surface area contributed by atoms with E-state index in [0.717, 1.165) is 16.7 Å². The van der Waals surface area contributed by atoms with E-state index in [4.69, 9.17) is 23.2 Å². The van der Waals surface area contributed by atoms with Crippen LogP contribution in [0.25, 0.3) is 16.9 Å². The summed E-state index contributed by atoms with van der Waals surface area (Å²) in [5.41, 5.74) is -2.03. The second-order valence-corrected chi connectivity index (χ2v) is 5.78. The van der Waals surface area contributed by atoms with Gasteiger partial charge in [-0.2, -0.15) is 0 Å². The summed E-state index contributed by atoms with van der Waals surface area (Å²) in [4.78, 5) is 20.1. The molecule has 0 aliphatic carbocycles. The molecule has 0 spiro atoms. The number of aromatic nitrogens is 3. The molecule has 0 aliphatic heterocycles. The van der Waals surface area contributed by atoms with Crippen LogP contribution in [0.4, 0.5) is 13.2 Å². The van der Waals surface area contributed by atoms with Crippen molar-refractivity contribution in [3.05, 3.63) is 62.0 Å². The van der Waals surface area contributed by atoms with Gasteiger partial charge in [-0.3, -0.25) is 9.20 Å². The second kappa shape index (κ2) is 6.07. The summed E-state index contributed by atoms with van der Waals surface area (Å²) in [6.07, 6.45) is -1.81. The van der Waals surface area contributed by atoms with Gasteiger partial charge in [0.25, 0.3) is 12.0 Å². The number of fused-ring (bicyclic) bond motifs is 1. The maximum absolute atomic E-state index is 14.2. The Morgan fingerprint density at radius 2 is 1.92 bits per heavy atom. The molecule has 2 aromatic heterocycles. The summed E-state index contributed by atoms with van der Waals surface area (Å²) in [6, 6.07) is 3.75. The minimum Gasteiger partial charge on any atom is -0.269 e. The number of rotatable bonds is 2. The van der Waals surface area contributed by atoms with Gasteiger partial charge in [-0.1, -0.05) is 23.2 Å². The summed E-state index contributed by atoms with van der Waals surface area (Å²) < 4.78 is 41.4. The van der Waals surface area contributed by atoms with Crippen molar-refractivity contribution in [1.29, 1.82) is 0 Å². The van der Waals surface area contributed by atoms with Gasteiger partial charge < -0.3 is 0 Å². The summed E-state index contributed by atoms with van der Waals surface area (Å²) in [6.45, 7) is 1.24. The van der Waals surface area contributed by atoms with Gasteiger partial charge in [0.15, 0.2) is 5.65 Å². The van der Waals surface area contributed by atoms with Gasteiger partial charge >= 0.3 is 0 Å². The van der Waals surface area contributed by atoms with Crippen molar-refractivity contribution in [2.24, 2.45) is 0 Å². The monoisotopic (exact) mass is 373 g/mol. The van der Waals surface area contributed by atoms with Gasteiger partial charge in [0.05, 0.1) is 6.20 Å². The highest BCUT2D eigenvalue weighted by atomic mass is 35.5. The molecule has 3 aromatic rings. The van der Waals surface area contributed by atoms with E-state index in [1.165, 1.54) is 19.1 Å². The third-order valence-corrected chi connectivity index (χ3v) is 3.85. The van der Waals surface area contributed by atoms with Crippen molar-refractivity contribution in [3.8, 4) is 11.3 Å². The molecule has 0 saturated heterocycles. The third kappa shape index (κ3) is 2.74. The summed E-state index contributed by atoms with van der Waals surface area (Å²) >= 11 is 11.6. The summed E-state index contributed by atoms with van der Waals surface area (Å²) in [5.74, 6) is -0.743. The lowest BCUT2D eigenvalue weighted by Gasteiger charge is -2.11. The zero-order valence-corrected chi connectivity index (χ0v) is 13.5. The minimum atomic E-state index is -2.96. The number of hydrogen-bond acceptors (Lipinski definition) is 3. The van der Waals surface area contributed by atoms with Crippen molar-refractivity contribution >= 4 is 28.8 Å². The van der Waals surface area contributed by atoms with Gasteiger partial charge in [-0.05, 0) is 25.1 Å². The number of benzene rings is 1. The quantitative estimate of drug-likeness (QED) is 0.666. The highest BCUT2D eigenvalue weighted by molar-refractivity contribution is 6.30. The van der Waals surface area contributed by atoms with Crippen molar-refractivity contribution < 1.29 is 13.2 Å². The molecule has 9 heteroatoms. The Kier molecular flexibility index (Phi) is 4.23. The number of hydrogen-bond donors (Lipinski definition) is 0. The van der Waals surface area contributed by atoms with Crippen LogP contribution < -0.4 is 5.56 Å². The molecular weight excluding hydrogens is 366 g/mol. The normalized spacial score (nSPS) is 11.5. The first-order valence-electron chi connectivity index (χ1n) is 6.62. The van der Waals surface area contributed by atoms with Gasteiger partial charge in [0.1, 0.15) is 22.4 Å². The lowest BCUT2D eigenvalue weighted by atomic mass is 10.1. The molecule has 0 unspecified atom stereocenters. The van der Waals surface area contributed by atoms with Crippen molar-refractivity contribution in [2.45, 2.75) is 13.3 Å².